The quantitative estimate of drug-likeness (QED) is 0.542. The first-order valence-corrected chi connectivity index (χ1v) is 8.26. The van der Waals surface area contributed by atoms with Crippen LogP contribution in [-0.2, 0) is 19.1 Å². The van der Waals surface area contributed by atoms with Crippen molar-refractivity contribution in [2.45, 2.75) is 66.7 Å². The van der Waals surface area contributed by atoms with Gasteiger partial charge in [-0.05, 0) is 24.7 Å². The topological polar surface area (TPSA) is 52.6 Å². The van der Waals surface area contributed by atoms with Crippen LogP contribution in [0.25, 0.3) is 0 Å². The van der Waals surface area contributed by atoms with Crippen molar-refractivity contribution in [1.82, 2.24) is 0 Å². The fourth-order valence-electron chi connectivity index (χ4n) is 2.03. The Morgan fingerprint density at radius 1 is 0.905 bits per heavy atom. The van der Waals surface area contributed by atoms with E-state index in [0.717, 1.165) is 25.7 Å². The van der Waals surface area contributed by atoms with Gasteiger partial charge in [-0.15, -0.1) is 0 Å². The van der Waals surface area contributed by atoms with Gasteiger partial charge in [-0.25, -0.2) is 0 Å². The molecule has 2 unspecified atom stereocenters. The third kappa shape index (κ3) is 9.48. The lowest BCUT2D eigenvalue weighted by Crippen LogP contribution is -2.22. The molecular weight excluding hydrogens is 268 g/mol. The maximum absolute atomic E-state index is 11.5. The summed E-state index contributed by atoms with van der Waals surface area (Å²) in [5.74, 6) is 0.335. The van der Waals surface area contributed by atoms with Crippen LogP contribution in [0.1, 0.15) is 66.7 Å². The Hall–Kier alpha value is -1.06. The van der Waals surface area contributed by atoms with Gasteiger partial charge in [-0.1, -0.05) is 47.5 Å². The normalized spacial score (nSPS) is 13.8. The number of rotatable bonds is 11. The van der Waals surface area contributed by atoms with Gasteiger partial charge >= 0.3 is 11.9 Å². The Labute approximate surface area is 129 Å². The first kappa shape index (κ1) is 19.9. The lowest BCUT2D eigenvalue weighted by atomic mass is 9.92. The molecule has 2 atom stereocenters. The standard InChI is InChI=1S/C17H32O4/c1-6-9-16(18)20-11-14(7-2)10-15(8-3)12-21-17(19)13(4)5/h13-15H,6-12H2,1-5H3. The molecular formula is C17H32O4. The Balaban J connectivity index is 4.16. The van der Waals surface area contributed by atoms with Crippen LogP contribution >= 0.6 is 0 Å². The van der Waals surface area contributed by atoms with Crippen LogP contribution in [0.15, 0.2) is 0 Å². The van der Waals surface area contributed by atoms with E-state index in [2.05, 4.69) is 13.8 Å². The van der Waals surface area contributed by atoms with Gasteiger partial charge < -0.3 is 9.47 Å². The van der Waals surface area contributed by atoms with Crippen molar-refractivity contribution >= 4 is 11.9 Å². The zero-order valence-corrected chi connectivity index (χ0v) is 14.3. The minimum Gasteiger partial charge on any atom is -0.465 e. The zero-order chi connectivity index (χ0) is 16.3. The highest BCUT2D eigenvalue weighted by atomic mass is 16.5. The average Bonchev–Trinajstić information content (AvgIpc) is 2.46. The summed E-state index contributed by atoms with van der Waals surface area (Å²) in [5, 5.41) is 0. The number of esters is 2. The van der Waals surface area contributed by atoms with Gasteiger partial charge in [0.05, 0.1) is 19.1 Å². The highest BCUT2D eigenvalue weighted by Gasteiger charge is 2.18. The highest BCUT2D eigenvalue weighted by molar-refractivity contribution is 5.71. The molecule has 0 rings (SSSR count). The molecule has 4 heteroatoms. The van der Waals surface area contributed by atoms with E-state index in [0.29, 0.717) is 31.5 Å². The molecule has 0 bridgehead atoms. The van der Waals surface area contributed by atoms with Crippen molar-refractivity contribution in [2.24, 2.45) is 17.8 Å². The number of carbonyl (C=O) groups excluding carboxylic acids is 2. The summed E-state index contributed by atoms with van der Waals surface area (Å²) in [6.07, 6.45) is 4.16. The lowest BCUT2D eigenvalue weighted by molar-refractivity contribution is -0.149. The Kier molecular flexibility index (Phi) is 11.0. The van der Waals surface area contributed by atoms with Crippen molar-refractivity contribution in [1.29, 1.82) is 0 Å². The van der Waals surface area contributed by atoms with Crippen LogP contribution in [0.4, 0.5) is 0 Å². The molecule has 0 spiro atoms. The molecule has 0 aromatic heterocycles. The smallest absolute Gasteiger partial charge is 0.308 e. The summed E-state index contributed by atoms with van der Waals surface area (Å²) in [6.45, 7) is 10.8. The van der Waals surface area contributed by atoms with Gasteiger partial charge in [0.25, 0.3) is 0 Å². The SMILES string of the molecule is CCCC(=O)OCC(CC)CC(CC)COC(=O)C(C)C. The molecule has 0 heterocycles. The maximum Gasteiger partial charge on any atom is 0.308 e. The molecule has 0 aromatic rings. The van der Waals surface area contributed by atoms with Crippen molar-refractivity contribution in [2.75, 3.05) is 13.2 Å². The average molecular weight is 300 g/mol. The molecule has 4 nitrogen and oxygen atoms in total. The van der Waals surface area contributed by atoms with Crippen LogP contribution in [0.3, 0.4) is 0 Å². The largest absolute Gasteiger partial charge is 0.465 e. The Morgan fingerprint density at radius 2 is 1.43 bits per heavy atom. The van der Waals surface area contributed by atoms with Crippen molar-refractivity contribution < 1.29 is 19.1 Å². The molecule has 0 N–H and O–H groups in total. The van der Waals surface area contributed by atoms with Crippen LogP contribution in [0.5, 0.6) is 0 Å². The van der Waals surface area contributed by atoms with Gasteiger partial charge in [0.1, 0.15) is 0 Å². The molecule has 0 amide bonds. The summed E-state index contributed by atoms with van der Waals surface area (Å²) >= 11 is 0. The van der Waals surface area contributed by atoms with E-state index >= 15 is 0 Å². The highest BCUT2D eigenvalue weighted by Crippen LogP contribution is 2.20. The third-order valence-electron chi connectivity index (χ3n) is 3.69. The number of ether oxygens (including phenoxy) is 2. The second-order valence-corrected chi connectivity index (χ2v) is 6.00. The molecule has 0 saturated carbocycles. The molecule has 0 radical (unpaired) electrons. The van der Waals surface area contributed by atoms with Gasteiger partial charge in [-0.2, -0.15) is 0 Å². The van der Waals surface area contributed by atoms with Crippen LogP contribution in [0.2, 0.25) is 0 Å². The van der Waals surface area contributed by atoms with E-state index < -0.39 is 0 Å². The molecule has 0 aromatic carbocycles. The summed E-state index contributed by atoms with van der Waals surface area (Å²) in [5.41, 5.74) is 0. The minimum atomic E-state index is -0.143. The monoisotopic (exact) mass is 300 g/mol. The second-order valence-electron chi connectivity index (χ2n) is 6.00. The molecule has 0 saturated heterocycles. The Bertz CT molecular complexity index is 299. The number of hydrogen-bond donors (Lipinski definition) is 0. The van der Waals surface area contributed by atoms with Crippen molar-refractivity contribution in [3.8, 4) is 0 Å². The number of carbonyl (C=O) groups is 2. The third-order valence-corrected chi connectivity index (χ3v) is 3.69. The van der Waals surface area contributed by atoms with Gasteiger partial charge in [-0.3, -0.25) is 9.59 Å². The molecule has 21 heavy (non-hydrogen) atoms. The first-order valence-electron chi connectivity index (χ1n) is 8.26. The van der Waals surface area contributed by atoms with Crippen LogP contribution in [-0.4, -0.2) is 25.2 Å². The van der Waals surface area contributed by atoms with Crippen LogP contribution in [0, 0.1) is 17.8 Å². The van der Waals surface area contributed by atoms with Crippen molar-refractivity contribution in [3.63, 3.8) is 0 Å². The van der Waals surface area contributed by atoms with E-state index in [-0.39, 0.29) is 17.9 Å². The predicted molar refractivity (Wildman–Crippen MR) is 83.8 cm³/mol. The summed E-state index contributed by atoms with van der Waals surface area (Å²) in [4.78, 5) is 22.9. The molecule has 0 fully saturated rings. The lowest BCUT2D eigenvalue weighted by Gasteiger charge is -2.22. The van der Waals surface area contributed by atoms with E-state index in [1.165, 1.54) is 0 Å². The summed E-state index contributed by atoms with van der Waals surface area (Å²) in [6, 6.07) is 0. The first-order chi connectivity index (χ1) is 9.94. The summed E-state index contributed by atoms with van der Waals surface area (Å²) < 4.78 is 10.6. The fraction of sp³-hybridized carbons (Fsp3) is 0.882. The maximum atomic E-state index is 11.5. The van der Waals surface area contributed by atoms with E-state index in [9.17, 15) is 9.59 Å². The van der Waals surface area contributed by atoms with Gasteiger partial charge in [0.15, 0.2) is 0 Å². The fourth-order valence-corrected chi connectivity index (χ4v) is 2.03. The zero-order valence-electron chi connectivity index (χ0n) is 14.3. The van der Waals surface area contributed by atoms with E-state index in [1.54, 1.807) is 0 Å². The van der Waals surface area contributed by atoms with Gasteiger partial charge in [0, 0.05) is 6.42 Å². The second kappa shape index (κ2) is 11.6. The van der Waals surface area contributed by atoms with Gasteiger partial charge in [0.2, 0.25) is 0 Å². The number of hydrogen-bond acceptors (Lipinski definition) is 4. The summed E-state index contributed by atoms with van der Waals surface area (Å²) in [7, 11) is 0. The minimum absolute atomic E-state index is 0.0838. The van der Waals surface area contributed by atoms with Crippen LogP contribution < -0.4 is 0 Å². The molecule has 0 aliphatic carbocycles. The molecule has 0 aliphatic heterocycles. The van der Waals surface area contributed by atoms with Crippen molar-refractivity contribution in [3.05, 3.63) is 0 Å². The molecule has 0 aliphatic rings. The predicted octanol–water partition coefficient (Wildman–Crippen LogP) is 3.97. The van der Waals surface area contributed by atoms with E-state index in [4.69, 9.17) is 9.47 Å². The Morgan fingerprint density at radius 3 is 1.86 bits per heavy atom. The van der Waals surface area contributed by atoms with E-state index in [1.807, 2.05) is 20.8 Å². The molecule has 124 valence electrons.